The first-order chi connectivity index (χ1) is 7.28. The van der Waals surface area contributed by atoms with Crippen molar-refractivity contribution in [2.75, 3.05) is 19.6 Å². The maximum Gasteiger partial charge on any atom is 0.208 e. The number of rotatable bonds is 3. The Morgan fingerprint density at radius 2 is 2.53 bits per heavy atom. The number of aromatic nitrogens is 1. The topological polar surface area (TPSA) is 41.3 Å². The van der Waals surface area contributed by atoms with Crippen molar-refractivity contribution in [3.63, 3.8) is 0 Å². The van der Waals surface area contributed by atoms with E-state index in [1.54, 1.807) is 6.20 Å². The van der Waals surface area contributed by atoms with E-state index in [1.165, 1.54) is 6.42 Å². The van der Waals surface area contributed by atoms with E-state index in [2.05, 4.69) is 22.1 Å². The van der Waals surface area contributed by atoms with Crippen LogP contribution in [0.25, 0.3) is 0 Å². The molecule has 84 valence electrons. The molecule has 1 aromatic heterocycles. The van der Waals surface area contributed by atoms with Crippen LogP contribution in [0.15, 0.2) is 10.6 Å². The highest BCUT2D eigenvalue weighted by Gasteiger charge is 2.18. The molecule has 15 heavy (non-hydrogen) atoms. The first-order valence-electron chi connectivity index (χ1n) is 5.65. The van der Waals surface area contributed by atoms with Crippen LogP contribution in [0.3, 0.4) is 0 Å². The van der Waals surface area contributed by atoms with E-state index in [0.717, 1.165) is 37.8 Å². The third-order valence-corrected chi connectivity index (χ3v) is 2.86. The van der Waals surface area contributed by atoms with E-state index in [4.69, 9.17) is 4.42 Å². The number of oxazole rings is 1. The van der Waals surface area contributed by atoms with Gasteiger partial charge in [-0.2, -0.15) is 0 Å². The van der Waals surface area contributed by atoms with Gasteiger partial charge in [-0.05, 0) is 13.3 Å². The lowest BCUT2D eigenvalue weighted by Gasteiger charge is -2.32. The molecule has 2 rings (SSSR count). The molecule has 0 amide bonds. The van der Waals surface area contributed by atoms with Crippen molar-refractivity contribution in [1.82, 2.24) is 15.2 Å². The average Bonchev–Trinajstić information content (AvgIpc) is 2.64. The van der Waals surface area contributed by atoms with Crippen molar-refractivity contribution in [2.24, 2.45) is 0 Å². The molecule has 0 aliphatic carbocycles. The van der Waals surface area contributed by atoms with E-state index in [0.29, 0.717) is 6.04 Å². The molecule has 0 saturated carbocycles. The van der Waals surface area contributed by atoms with Crippen LogP contribution in [0.1, 0.15) is 25.0 Å². The highest BCUT2D eigenvalue weighted by atomic mass is 16.4. The molecule has 1 aliphatic rings. The molecule has 0 radical (unpaired) electrons. The highest BCUT2D eigenvalue weighted by Crippen LogP contribution is 2.09. The van der Waals surface area contributed by atoms with E-state index < -0.39 is 0 Å². The van der Waals surface area contributed by atoms with Gasteiger partial charge in [-0.3, -0.25) is 4.90 Å². The van der Waals surface area contributed by atoms with E-state index in [1.807, 2.05) is 6.92 Å². The number of hydrogen-bond acceptors (Lipinski definition) is 4. The van der Waals surface area contributed by atoms with Crippen molar-refractivity contribution in [3.05, 3.63) is 17.8 Å². The van der Waals surface area contributed by atoms with Gasteiger partial charge in [0.05, 0.1) is 12.7 Å². The molecule has 1 aromatic rings. The summed E-state index contributed by atoms with van der Waals surface area (Å²) >= 11 is 0. The Morgan fingerprint density at radius 3 is 3.20 bits per heavy atom. The van der Waals surface area contributed by atoms with Crippen LogP contribution < -0.4 is 5.32 Å². The monoisotopic (exact) mass is 209 g/mol. The minimum atomic E-state index is 0.620. The van der Waals surface area contributed by atoms with Crippen LogP contribution in [0.5, 0.6) is 0 Å². The fraction of sp³-hybridized carbons (Fsp3) is 0.727. The zero-order chi connectivity index (χ0) is 10.7. The Hall–Kier alpha value is -0.870. The zero-order valence-corrected chi connectivity index (χ0v) is 9.49. The first-order valence-corrected chi connectivity index (χ1v) is 5.65. The summed E-state index contributed by atoms with van der Waals surface area (Å²) in [5.41, 5.74) is 0. The minimum absolute atomic E-state index is 0.620. The van der Waals surface area contributed by atoms with Crippen molar-refractivity contribution >= 4 is 0 Å². The van der Waals surface area contributed by atoms with E-state index in [9.17, 15) is 0 Å². The number of nitrogens with zero attached hydrogens (tertiary/aromatic N) is 2. The Bertz CT molecular complexity index is 311. The third kappa shape index (κ3) is 2.79. The van der Waals surface area contributed by atoms with Gasteiger partial charge in [0, 0.05) is 25.7 Å². The molecule has 1 fully saturated rings. The van der Waals surface area contributed by atoms with E-state index in [-0.39, 0.29) is 0 Å². The maximum absolute atomic E-state index is 5.48. The Labute approximate surface area is 90.7 Å². The van der Waals surface area contributed by atoms with Gasteiger partial charge in [-0.25, -0.2) is 4.98 Å². The second kappa shape index (κ2) is 4.77. The summed E-state index contributed by atoms with van der Waals surface area (Å²) in [4.78, 5) is 6.63. The molecule has 1 unspecified atom stereocenters. The van der Waals surface area contributed by atoms with Crippen molar-refractivity contribution in [2.45, 2.75) is 32.9 Å². The van der Waals surface area contributed by atoms with Crippen molar-refractivity contribution < 1.29 is 4.42 Å². The highest BCUT2D eigenvalue weighted by molar-refractivity contribution is 4.91. The molecule has 1 saturated heterocycles. The molecular weight excluding hydrogens is 190 g/mol. The third-order valence-electron chi connectivity index (χ3n) is 2.86. The largest absolute Gasteiger partial charge is 0.445 e. The average molecular weight is 209 g/mol. The van der Waals surface area contributed by atoms with Crippen molar-refractivity contribution in [1.29, 1.82) is 0 Å². The predicted molar refractivity (Wildman–Crippen MR) is 58.6 cm³/mol. The maximum atomic E-state index is 5.48. The van der Waals surface area contributed by atoms with Crippen LogP contribution in [-0.4, -0.2) is 35.6 Å². The van der Waals surface area contributed by atoms with Gasteiger partial charge in [0.15, 0.2) is 0 Å². The summed E-state index contributed by atoms with van der Waals surface area (Å²) < 4.78 is 5.48. The van der Waals surface area contributed by atoms with Gasteiger partial charge in [0.25, 0.3) is 0 Å². The summed E-state index contributed by atoms with van der Waals surface area (Å²) in [5, 5.41) is 3.50. The summed E-state index contributed by atoms with van der Waals surface area (Å²) in [5.74, 6) is 1.73. The Balaban J connectivity index is 1.88. The smallest absolute Gasteiger partial charge is 0.208 e. The fourth-order valence-electron chi connectivity index (χ4n) is 1.98. The van der Waals surface area contributed by atoms with E-state index >= 15 is 0 Å². The lowest BCUT2D eigenvalue weighted by atomic mass is 10.1. The first kappa shape index (κ1) is 10.6. The number of aryl methyl sites for hydroxylation is 1. The fourth-order valence-corrected chi connectivity index (χ4v) is 1.98. The second-order valence-electron chi connectivity index (χ2n) is 4.16. The number of hydrogen-bond donors (Lipinski definition) is 1. The molecule has 4 nitrogen and oxygen atoms in total. The second-order valence-corrected chi connectivity index (χ2v) is 4.16. The van der Waals surface area contributed by atoms with Gasteiger partial charge < -0.3 is 9.73 Å². The lowest BCUT2D eigenvalue weighted by molar-refractivity contribution is 0.174. The molecule has 0 spiro atoms. The van der Waals surface area contributed by atoms with Gasteiger partial charge in [0.1, 0.15) is 5.76 Å². The Morgan fingerprint density at radius 1 is 1.67 bits per heavy atom. The molecule has 2 heterocycles. The lowest BCUT2D eigenvalue weighted by Crippen LogP contribution is -2.49. The molecule has 1 atom stereocenters. The normalized spacial score (nSPS) is 23.2. The number of piperazine rings is 1. The minimum Gasteiger partial charge on any atom is -0.445 e. The van der Waals surface area contributed by atoms with Crippen LogP contribution in [-0.2, 0) is 6.54 Å². The SMILES string of the molecule is CCC1CN(Cc2ncc(C)o2)CCN1. The standard InChI is InChI=1S/C11H19N3O/c1-3-10-7-14(5-4-12-10)8-11-13-6-9(2)15-11/h6,10,12H,3-5,7-8H2,1-2H3. The molecule has 0 bridgehead atoms. The summed E-state index contributed by atoms with van der Waals surface area (Å²) in [7, 11) is 0. The van der Waals surface area contributed by atoms with Crippen LogP contribution >= 0.6 is 0 Å². The summed E-state index contributed by atoms with van der Waals surface area (Å²) in [6.45, 7) is 8.24. The predicted octanol–water partition coefficient (Wildman–Crippen LogP) is 1.17. The quantitative estimate of drug-likeness (QED) is 0.811. The van der Waals surface area contributed by atoms with Crippen molar-refractivity contribution in [3.8, 4) is 0 Å². The Kier molecular flexibility index (Phi) is 3.38. The van der Waals surface area contributed by atoms with Gasteiger partial charge in [-0.15, -0.1) is 0 Å². The zero-order valence-electron chi connectivity index (χ0n) is 9.49. The van der Waals surface area contributed by atoms with Gasteiger partial charge in [0.2, 0.25) is 5.89 Å². The van der Waals surface area contributed by atoms with Crippen LogP contribution in [0, 0.1) is 6.92 Å². The molecule has 4 heteroatoms. The number of nitrogens with one attached hydrogen (secondary N) is 1. The van der Waals surface area contributed by atoms with Gasteiger partial charge >= 0.3 is 0 Å². The molecule has 1 N–H and O–H groups in total. The van der Waals surface area contributed by atoms with Gasteiger partial charge in [-0.1, -0.05) is 6.92 Å². The molecule has 1 aliphatic heterocycles. The van der Waals surface area contributed by atoms with Crippen LogP contribution in [0.2, 0.25) is 0 Å². The van der Waals surface area contributed by atoms with Crippen LogP contribution in [0.4, 0.5) is 0 Å². The summed E-state index contributed by atoms with van der Waals surface area (Å²) in [6.07, 6.45) is 2.97. The summed E-state index contributed by atoms with van der Waals surface area (Å²) in [6, 6.07) is 0.620. The molecular formula is C11H19N3O. The molecule has 0 aromatic carbocycles.